The second-order valence-corrected chi connectivity index (χ2v) is 7.15. The molecule has 0 bridgehead atoms. The summed E-state index contributed by atoms with van der Waals surface area (Å²) in [4.78, 5) is 26.5. The van der Waals surface area contributed by atoms with Crippen molar-refractivity contribution in [1.29, 1.82) is 0 Å². The Hall–Kier alpha value is -3.79. The van der Waals surface area contributed by atoms with Gasteiger partial charge in [0, 0.05) is 18.7 Å². The lowest BCUT2D eigenvalue weighted by Gasteiger charge is -2.33. The molecule has 0 aliphatic carbocycles. The molecule has 0 radical (unpaired) electrons. The van der Waals surface area contributed by atoms with Gasteiger partial charge in [-0.2, -0.15) is 5.10 Å². The van der Waals surface area contributed by atoms with Gasteiger partial charge in [0.25, 0.3) is 5.91 Å². The number of para-hydroxylation sites is 2. The molecule has 0 aliphatic rings. The number of amides is 1. The van der Waals surface area contributed by atoms with Crippen LogP contribution in [0, 0.1) is 11.6 Å². The van der Waals surface area contributed by atoms with Crippen molar-refractivity contribution >= 4 is 16.9 Å². The monoisotopic (exact) mass is 424 g/mol. The van der Waals surface area contributed by atoms with Gasteiger partial charge in [-0.3, -0.25) is 9.78 Å². The highest BCUT2D eigenvalue weighted by atomic mass is 19.1. The Morgan fingerprint density at radius 3 is 2.68 bits per heavy atom. The number of likely N-dealkylation sites (N-methyl/N-ethyl adjacent to an activating group) is 1. The van der Waals surface area contributed by atoms with Gasteiger partial charge in [0.1, 0.15) is 35.6 Å². The molecule has 0 spiro atoms. The fraction of sp³-hybridized carbons (Fsp3) is 0.190. The third-order valence-electron chi connectivity index (χ3n) is 4.84. The van der Waals surface area contributed by atoms with E-state index in [4.69, 9.17) is 0 Å². The highest BCUT2D eigenvalue weighted by Crippen LogP contribution is 2.28. The van der Waals surface area contributed by atoms with Crippen LogP contribution >= 0.6 is 0 Å². The van der Waals surface area contributed by atoms with Gasteiger partial charge in [-0.05, 0) is 18.2 Å². The van der Waals surface area contributed by atoms with E-state index in [0.717, 1.165) is 12.1 Å². The van der Waals surface area contributed by atoms with Crippen molar-refractivity contribution in [2.45, 2.75) is 12.1 Å². The fourth-order valence-electron chi connectivity index (χ4n) is 3.39. The summed E-state index contributed by atoms with van der Waals surface area (Å²) in [5.74, 6) is -2.23. The number of carbonyl (C=O) groups is 1. The minimum Gasteiger partial charge on any atom is -0.381 e. The quantitative estimate of drug-likeness (QED) is 0.510. The van der Waals surface area contributed by atoms with Crippen molar-refractivity contribution in [2.24, 2.45) is 0 Å². The molecule has 4 rings (SSSR count). The summed E-state index contributed by atoms with van der Waals surface area (Å²) in [6, 6.07) is 9.97. The highest BCUT2D eigenvalue weighted by Gasteiger charge is 2.36. The van der Waals surface area contributed by atoms with Crippen molar-refractivity contribution in [1.82, 2.24) is 29.6 Å². The summed E-state index contributed by atoms with van der Waals surface area (Å²) in [6.45, 7) is -0.528. The third-order valence-corrected chi connectivity index (χ3v) is 4.84. The molecule has 0 aliphatic heterocycles. The van der Waals surface area contributed by atoms with E-state index < -0.39 is 23.1 Å². The van der Waals surface area contributed by atoms with Crippen LogP contribution in [0.4, 0.5) is 8.78 Å². The van der Waals surface area contributed by atoms with Crippen LogP contribution in [-0.4, -0.2) is 54.2 Å². The maximum Gasteiger partial charge on any atom is 0.273 e. The molecule has 2 heterocycles. The molecule has 31 heavy (non-hydrogen) atoms. The Kier molecular flexibility index (Phi) is 5.38. The van der Waals surface area contributed by atoms with Gasteiger partial charge in [0.2, 0.25) is 0 Å². The maximum absolute atomic E-state index is 14.6. The molecule has 1 unspecified atom stereocenters. The largest absolute Gasteiger partial charge is 0.381 e. The lowest BCUT2D eigenvalue weighted by Crippen LogP contribution is -2.45. The minimum absolute atomic E-state index is 0.0730. The van der Waals surface area contributed by atoms with Crippen LogP contribution in [0.25, 0.3) is 11.0 Å². The zero-order chi connectivity index (χ0) is 22.0. The smallest absolute Gasteiger partial charge is 0.273 e. The van der Waals surface area contributed by atoms with E-state index >= 15 is 0 Å². The molecule has 0 saturated carbocycles. The summed E-state index contributed by atoms with van der Waals surface area (Å²) in [6.07, 6.45) is 3.96. The van der Waals surface area contributed by atoms with E-state index in [1.165, 1.54) is 35.5 Å². The summed E-state index contributed by atoms with van der Waals surface area (Å²) in [7, 11) is 1.45. The van der Waals surface area contributed by atoms with Crippen LogP contribution in [0.15, 0.2) is 61.3 Å². The number of fused-ring (bicyclic) bond motifs is 1. The first-order valence-electron chi connectivity index (χ1n) is 9.33. The van der Waals surface area contributed by atoms with Crippen LogP contribution in [0.2, 0.25) is 0 Å². The van der Waals surface area contributed by atoms with Crippen molar-refractivity contribution in [3.63, 3.8) is 0 Å². The minimum atomic E-state index is -1.92. The van der Waals surface area contributed by atoms with Crippen molar-refractivity contribution in [3.8, 4) is 0 Å². The van der Waals surface area contributed by atoms with Gasteiger partial charge >= 0.3 is 0 Å². The molecule has 1 amide bonds. The van der Waals surface area contributed by atoms with Crippen LogP contribution in [-0.2, 0) is 12.1 Å². The predicted molar refractivity (Wildman–Crippen MR) is 107 cm³/mol. The van der Waals surface area contributed by atoms with Gasteiger partial charge in [-0.25, -0.2) is 23.4 Å². The zero-order valence-electron chi connectivity index (χ0n) is 16.5. The second-order valence-electron chi connectivity index (χ2n) is 7.15. The number of aliphatic hydroxyl groups is 1. The molecule has 10 heteroatoms. The SMILES string of the molecule is CN(CC(O)(Cn1cncn1)c1ccc(F)cc1F)C(=O)c1cnc2ccccc2n1. The van der Waals surface area contributed by atoms with Crippen molar-refractivity contribution in [2.75, 3.05) is 13.6 Å². The Morgan fingerprint density at radius 1 is 1.19 bits per heavy atom. The average Bonchev–Trinajstić information content (AvgIpc) is 3.25. The van der Waals surface area contributed by atoms with Gasteiger partial charge in [0.05, 0.1) is 30.3 Å². The van der Waals surface area contributed by atoms with E-state index in [2.05, 4.69) is 20.1 Å². The van der Waals surface area contributed by atoms with Crippen LogP contribution < -0.4 is 0 Å². The number of hydrogen-bond donors (Lipinski definition) is 1. The molecule has 158 valence electrons. The van der Waals surface area contributed by atoms with Gasteiger partial charge in [0.15, 0.2) is 0 Å². The normalized spacial score (nSPS) is 13.2. The van der Waals surface area contributed by atoms with Crippen LogP contribution in [0.1, 0.15) is 16.1 Å². The number of carbonyl (C=O) groups excluding carboxylic acids is 1. The maximum atomic E-state index is 14.6. The second kappa shape index (κ2) is 8.15. The molecule has 2 aromatic heterocycles. The molecule has 0 fully saturated rings. The zero-order valence-corrected chi connectivity index (χ0v) is 16.5. The first-order valence-corrected chi connectivity index (χ1v) is 9.33. The number of nitrogens with zero attached hydrogens (tertiary/aromatic N) is 6. The number of halogens is 2. The Labute approximate surface area is 175 Å². The lowest BCUT2D eigenvalue weighted by molar-refractivity contribution is -0.0130. The first-order chi connectivity index (χ1) is 14.9. The fourth-order valence-corrected chi connectivity index (χ4v) is 3.39. The van der Waals surface area contributed by atoms with Crippen molar-refractivity contribution in [3.05, 3.63) is 84.2 Å². The summed E-state index contributed by atoms with van der Waals surface area (Å²) < 4.78 is 29.3. The Balaban J connectivity index is 1.65. The highest BCUT2D eigenvalue weighted by molar-refractivity contribution is 5.93. The van der Waals surface area contributed by atoms with E-state index in [9.17, 15) is 18.7 Å². The van der Waals surface area contributed by atoms with Gasteiger partial charge < -0.3 is 10.0 Å². The molecule has 0 saturated heterocycles. The third kappa shape index (κ3) is 4.24. The van der Waals surface area contributed by atoms with E-state index in [1.807, 2.05) is 6.07 Å². The number of hydrogen-bond acceptors (Lipinski definition) is 6. The molecule has 1 N–H and O–H groups in total. The summed E-state index contributed by atoms with van der Waals surface area (Å²) >= 11 is 0. The standard InChI is InChI=1S/C21H18F2N6O2/c1-28(20(30)19-9-25-17-4-2-3-5-18(17)27-19)10-21(31,11-29-13-24-12-26-29)15-7-6-14(22)8-16(15)23/h2-9,12-13,31H,10-11H2,1H3. The van der Waals surface area contributed by atoms with E-state index in [0.29, 0.717) is 17.1 Å². The van der Waals surface area contributed by atoms with Crippen molar-refractivity contribution < 1.29 is 18.7 Å². The average molecular weight is 424 g/mol. The number of aromatic nitrogens is 5. The summed E-state index contributed by atoms with van der Waals surface area (Å²) in [5.41, 5.74) is -0.834. The number of benzene rings is 2. The van der Waals surface area contributed by atoms with Gasteiger partial charge in [-0.1, -0.05) is 18.2 Å². The molecule has 1 atom stereocenters. The van der Waals surface area contributed by atoms with Crippen LogP contribution in [0.5, 0.6) is 0 Å². The molecule has 2 aromatic carbocycles. The summed E-state index contributed by atoms with van der Waals surface area (Å²) in [5, 5.41) is 15.3. The predicted octanol–water partition coefficient (Wildman–Crippen LogP) is 2.16. The topological polar surface area (TPSA) is 97.0 Å². The molecular weight excluding hydrogens is 406 g/mol. The van der Waals surface area contributed by atoms with E-state index in [-0.39, 0.29) is 24.3 Å². The first kappa shape index (κ1) is 20.5. The number of rotatable bonds is 6. The molecule has 4 aromatic rings. The van der Waals surface area contributed by atoms with E-state index in [1.54, 1.807) is 18.2 Å². The van der Waals surface area contributed by atoms with Gasteiger partial charge in [-0.15, -0.1) is 0 Å². The molecular formula is C21H18F2N6O2. The molecule has 8 nitrogen and oxygen atoms in total. The lowest BCUT2D eigenvalue weighted by atomic mass is 9.92. The Morgan fingerprint density at radius 2 is 1.97 bits per heavy atom. The Bertz CT molecular complexity index is 1230. The van der Waals surface area contributed by atoms with Crippen LogP contribution in [0.3, 0.4) is 0 Å².